The van der Waals surface area contributed by atoms with Gasteiger partial charge in [0.25, 0.3) is 5.56 Å². The summed E-state index contributed by atoms with van der Waals surface area (Å²) in [5, 5.41) is 0. The highest BCUT2D eigenvalue weighted by Gasteiger charge is 2.23. The Labute approximate surface area is 168 Å². The zero-order valence-electron chi connectivity index (χ0n) is 16.7. The zero-order valence-corrected chi connectivity index (χ0v) is 16.7. The van der Waals surface area contributed by atoms with Crippen molar-refractivity contribution >= 4 is 0 Å². The van der Waals surface area contributed by atoms with E-state index in [2.05, 4.69) is 14.9 Å². The highest BCUT2D eigenvalue weighted by Crippen LogP contribution is 2.38. The smallest absolute Gasteiger partial charge is 0.256 e. The molecule has 1 N–H and O–H groups in total. The summed E-state index contributed by atoms with van der Waals surface area (Å²) < 4.78 is 21.6. The number of aromatic amines is 1. The number of methoxy groups -OCH3 is 3. The lowest BCUT2D eigenvalue weighted by atomic mass is 10.1. The van der Waals surface area contributed by atoms with E-state index in [9.17, 15) is 4.79 Å². The number of nitrogens with zero attached hydrogens (tertiary/aromatic N) is 2. The van der Waals surface area contributed by atoms with Crippen molar-refractivity contribution in [1.82, 2.24) is 14.9 Å². The third kappa shape index (κ3) is 3.71. The minimum Gasteiger partial charge on any atom is -0.493 e. The van der Waals surface area contributed by atoms with Gasteiger partial charge in [-0.05, 0) is 29.8 Å². The van der Waals surface area contributed by atoms with Crippen LogP contribution in [0, 0.1) is 0 Å². The molecule has 8 heteroatoms. The Balaban J connectivity index is 1.57. The fraction of sp³-hybridized carbons (Fsp3) is 0.333. The van der Waals surface area contributed by atoms with Gasteiger partial charge >= 0.3 is 0 Å². The molecule has 4 rings (SSSR count). The van der Waals surface area contributed by atoms with Gasteiger partial charge in [0.1, 0.15) is 0 Å². The van der Waals surface area contributed by atoms with E-state index in [0.29, 0.717) is 53.9 Å². The molecular formula is C21H23N3O5. The van der Waals surface area contributed by atoms with Crippen LogP contribution in [0.15, 0.2) is 39.7 Å². The molecule has 3 aromatic rings. The summed E-state index contributed by atoms with van der Waals surface area (Å²) in [6, 6.07) is 7.41. The maximum absolute atomic E-state index is 12.6. The van der Waals surface area contributed by atoms with Gasteiger partial charge in [-0.15, -0.1) is 0 Å². The summed E-state index contributed by atoms with van der Waals surface area (Å²) in [5.41, 5.74) is 2.40. The Bertz CT molecular complexity index is 1030. The van der Waals surface area contributed by atoms with E-state index in [4.69, 9.17) is 18.6 Å². The number of furan rings is 1. The third-order valence-electron chi connectivity index (χ3n) is 5.03. The van der Waals surface area contributed by atoms with E-state index >= 15 is 0 Å². The number of ether oxygens (including phenoxy) is 3. The van der Waals surface area contributed by atoms with Gasteiger partial charge in [-0.1, -0.05) is 0 Å². The monoisotopic (exact) mass is 397 g/mol. The van der Waals surface area contributed by atoms with E-state index in [1.54, 1.807) is 39.7 Å². The normalized spacial score (nSPS) is 13.8. The fourth-order valence-corrected chi connectivity index (χ4v) is 3.63. The molecule has 0 saturated carbocycles. The number of nitrogens with one attached hydrogen (secondary N) is 1. The molecule has 0 bridgehead atoms. The van der Waals surface area contributed by atoms with Crippen LogP contribution >= 0.6 is 0 Å². The molecule has 0 unspecified atom stereocenters. The predicted molar refractivity (Wildman–Crippen MR) is 106 cm³/mol. The van der Waals surface area contributed by atoms with E-state index in [-0.39, 0.29) is 5.56 Å². The number of H-pyrrole nitrogens is 1. The summed E-state index contributed by atoms with van der Waals surface area (Å²) in [7, 11) is 4.78. The number of benzene rings is 1. The highest BCUT2D eigenvalue weighted by molar-refractivity contribution is 5.54. The van der Waals surface area contributed by atoms with Gasteiger partial charge in [-0.2, -0.15) is 0 Å². The Morgan fingerprint density at radius 2 is 1.93 bits per heavy atom. The molecule has 29 heavy (non-hydrogen) atoms. The number of hydrogen-bond acceptors (Lipinski definition) is 7. The van der Waals surface area contributed by atoms with Crippen molar-refractivity contribution in [3.05, 3.63) is 57.7 Å². The first-order valence-corrected chi connectivity index (χ1v) is 9.30. The summed E-state index contributed by atoms with van der Waals surface area (Å²) >= 11 is 0. The highest BCUT2D eigenvalue weighted by atomic mass is 16.5. The van der Waals surface area contributed by atoms with Gasteiger partial charge in [0, 0.05) is 26.1 Å². The molecule has 8 nitrogen and oxygen atoms in total. The maximum atomic E-state index is 12.6. The van der Waals surface area contributed by atoms with Gasteiger partial charge < -0.3 is 23.6 Å². The second kappa shape index (κ2) is 8.00. The summed E-state index contributed by atoms with van der Waals surface area (Å²) in [6.07, 6.45) is 2.26. The Morgan fingerprint density at radius 3 is 2.55 bits per heavy atom. The molecular weight excluding hydrogens is 374 g/mol. The molecule has 0 radical (unpaired) electrons. The van der Waals surface area contributed by atoms with E-state index in [1.165, 1.54) is 0 Å². The number of rotatable bonds is 6. The number of hydrogen-bond donors (Lipinski definition) is 1. The van der Waals surface area contributed by atoms with Crippen molar-refractivity contribution in [3.63, 3.8) is 0 Å². The zero-order chi connectivity index (χ0) is 20.4. The Hall–Kier alpha value is -3.26. The first-order chi connectivity index (χ1) is 14.1. The predicted octanol–water partition coefficient (Wildman–Crippen LogP) is 2.61. The van der Waals surface area contributed by atoms with Crippen LogP contribution in [0.2, 0.25) is 0 Å². The number of aromatic nitrogens is 2. The largest absolute Gasteiger partial charge is 0.493 e. The molecule has 1 aliphatic rings. The Morgan fingerprint density at radius 1 is 1.17 bits per heavy atom. The first kappa shape index (κ1) is 19.1. The minimum atomic E-state index is -0.129. The molecule has 0 spiro atoms. The van der Waals surface area contributed by atoms with Gasteiger partial charge in [-0.25, -0.2) is 4.98 Å². The number of fused-ring (bicyclic) bond motifs is 1. The molecule has 0 saturated heterocycles. The minimum absolute atomic E-state index is 0.129. The van der Waals surface area contributed by atoms with Gasteiger partial charge in [0.2, 0.25) is 5.75 Å². The lowest BCUT2D eigenvalue weighted by Crippen LogP contribution is -2.35. The van der Waals surface area contributed by atoms with Crippen LogP contribution in [0.5, 0.6) is 17.2 Å². The van der Waals surface area contributed by atoms with E-state index in [0.717, 1.165) is 17.8 Å². The van der Waals surface area contributed by atoms with Crippen LogP contribution in [-0.4, -0.2) is 42.7 Å². The first-order valence-electron chi connectivity index (χ1n) is 9.30. The van der Waals surface area contributed by atoms with Crippen molar-refractivity contribution in [3.8, 4) is 28.8 Å². The summed E-state index contributed by atoms with van der Waals surface area (Å²) in [4.78, 5) is 22.3. The van der Waals surface area contributed by atoms with Crippen molar-refractivity contribution in [2.24, 2.45) is 0 Å². The van der Waals surface area contributed by atoms with Crippen molar-refractivity contribution in [2.75, 3.05) is 27.9 Å². The molecule has 0 aliphatic carbocycles. The standard InChI is InChI=1S/C21H23N3O5/c1-26-17-9-13(10-18(27-2)19(17)28-3)11-24-7-6-15-14(12-24)21(25)23-20(22-15)16-5-4-8-29-16/h4-5,8-10H,6-7,11-12H2,1-3H3,(H,22,23,25). The van der Waals surface area contributed by atoms with Crippen LogP contribution in [0.1, 0.15) is 16.8 Å². The molecule has 1 aliphatic heterocycles. The van der Waals surface area contributed by atoms with Gasteiger partial charge in [0.05, 0.1) is 38.8 Å². The molecule has 0 atom stereocenters. The maximum Gasteiger partial charge on any atom is 0.256 e. The van der Waals surface area contributed by atoms with Crippen LogP contribution in [0.4, 0.5) is 0 Å². The van der Waals surface area contributed by atoms with Gasteiger partial charge in [-0.3, -0.25) is 9.69 Å². The molecule has 0 fully saturated rings. The van der Waals surface area contributed by atoms with Crippen molar-refractivity contribution < 1.29 is 18.6 Å². The summed E-state index contributed by atoms with van der Waals surface area (Å²) in [6.45, 7) is 1.96. The topological polar surface area (TPSA) is 89.8 Å². The summed E-state index contributed by atoms with van der Waals surface area (Å²) in [5.74, 6) is 2.82. The van der Waals surface area contributed by atoms with E-state index < -0.39 is 0 Å². The second-order valence-electron chi connectivity index (χ2n) is 6.81. The van der Waals surface area contributed by atoms with Crippen molar-refractivity contribution in [1.29, 1.82) is 0 Å². The average molecular weight is 397 g/mol. The Kier molecular flexibility index (Phi) is 5.26. The van der Waals surface area contributed by atoms with Gasteiger partial charge in [0.15, 0.2) is 23.1 Å². The van der Waals surface area contributed by atoms with Crippen molar-refractivity contribution in [2.45, 2.75) is 19.5 Å². The quantitative estimate of drug-likeness (QED) is 0.684. The lowest BCUT2D eigenvalue weighted by molar-refractivity contribution is 0.240. The average Bonchev–Trinajstić information content (AvgIpc) is 3.28. The molecule has 152 valence electrons. The van der Waals surface area contributed by atoms with Crippen LogP contribution in [0.3, 0.4) is 0 Å². The molecule has 1 aromatic carbocycles. The SMILES string of the molecule is COc1cc(CN2CCc3nc(-c4ccco4)[nH]c(=O)c3C2)cc(OC)c1OC. The molecule has 2 aromatic heterocycles. The lowest BCUT2D eigenvalue weighted by Gasteiger charge is -2.28. The van der Waals surface area contributed by atoms with E-state index in [1.807, 2.05) is 12.1 Å². The van der Waals surface area contributed by atoms with Crippen LogP contribution < -0.4 is 19.8 Å². The van der Waals surface area contributed by atoms with Crippen LogP contribution in [0.25, 0.3) is 11.6 Å². The molecule has 3 heterocycles. The van der Waals surface area contributed by atoms with Crippen LogP contribution in [-0.2, 0) is 19.5 Å². The molecule has 0 amide bonds. The fourth-order valence-electron chi connectivity index (χ4n) is 3.63. The second-order valence-corrected chi connectivity index (χ2v) is 6.81. The third-order valence-corrected chi connectivity index (χ3v) is 5.03.